The number of anilines is 1. The van der Waals surface area contributed by atoms with Crippen molar-refractivity contribution in [3.63, 3.8) is 0 Å². The van der Waals surface area contributed by atoms with E-state index in [-0.39, 0.29) is 6.10 Å². The molecule has 29 heavy (non-hydrogen) atoms. The van der Waals surface area contributed by atoms with Gasteiger partial charge in [0.2, 0.25) is 11.7 Å². The van der Waals surface area contributed by atoms with Crippen molar-refractivity contribution >= 4 is 23.0 Å². The Bertz CT molecular complexity index is 941. The number of hydrogen-bond donors (Lipinski definition) is 2. The molecule has 7 nitrogen and oxygen atoms in total. The average molecular weight is 413 g/mol. The second-order valence-corrected chi connectivity index (χ2v) is 6.88. The molecule has 0 radical (unpaired) electrons. The smallest absolute Gasteiger partial charge is 0.246 e. The van der Waals surface area contributed by atoms with Crippen LogP contribution in [0, 0.1) is 0 Å². The van der Waals surface area contributed by atoms with Gasteiger partial charge in [0.1, 0.15) is 11.5 Å². The number of thiocarbonyl (C=S) groups is 1. The summed E-state index contributed by atoms with van der Waals surface area (Å²) in [5, 5.41) is 10.6. The lowest BCUT2D eigenvalue weighted by atomic mass is 10.2. The summed E-state index contributed by atoms with van der Waals surface area (Å²) >= 11 is 5.34. The summed E-state index contributed by atoms with van der Waals surface area (Å²) < 4.78 is 16.4. The molecule has 2 N–H and O–H groups in total. The van der Waals surface area contributed by atoms with E-state index in [0.717, 1.165) is 22.7 Å². The molecule has 2 aromatic carbocycles. The van der Waals surface area contributed by atoms with Crippen molar-refractivity contribution in [2.75, 3.05) is 11.9 Å². The van der Waals surface area contributed by atoms with Gasteiger partial charge in [0.05, 0.1) is 19.3 Å². The predicted octanol–water partition coefficient (Wildman–Crippen LogP) is 4.41. The van der Waals surface area contributed by atoms with E-state index in [4.69, 9.17) is 26.2 Å². The van der Waals surface area contributed by atoms with Gasteiger partial charge in [0.15, 0.2) is 5.11 Å². The van der Waals surface area contributed by atoms with Gasteiger partial charge in [-0.3, -0.25) is 0 Å². The minimum Gasteiger partial charge on any atom is -0.494 e. The van der Waals surface area contributed by atoms with Gasteiger partial charge in [-0.1, -0.05) is 11.2 Å². The molecule has 0 saturated heterocycles. The van der Waals surface area contributed by atoms with E-state index < -0.39 is 0 Å². The molecule has 0 aliphatic rings. The maximum Gasteiger partial charge on any atom is 0.246 e. The zero-order valence-electron chi connectivity index (χ0n) is 16.6. The third kappa shape index (κ3) is 6.18. The van der Waals surface area contributed by atoms with Crippen molar-refractivity contribution in [1.82, 2.24) is 15.5 Å². The molecule has 0 fully saturated rings. The second kappa shape index (κ2) is 9.88. The number of nitrogens with one attached hydrogen (secondary N) is 2. The molecule has 0 saturated carbocycles. The topological polar surface area (TPSA) is 81.4 Å². The van der Waals surface area contributed by atoms with Crippen LogP contribution in [0.1, 0.15) is 26.7 Å². The largest absolute Gasteiger partial charge is 0.494 e. The van der Waals surface area contributed by atoms with Crippen LogP contribution in [0.2, 0.25) is 0 Å². The second-order valence-electron chi connectivity index (χ2n) is 6.47. The molecule has 3 rings (SSSR count). The summed E-state index contributed by atoms with van der Waals surface area (Å²) in [6.07, 6.45) is 0.109. The lowest BCUT2D eigenvalue weighted by Crippen LogP contribution is -2.28. The van der Waals surface area contributed by atoms with E-state index in [1.807, 2.05) is 69.3 Å². The number of hydrogen-bond acceptors (Lipinski definition) is 6. The van der Waals surface area contributed by atoms with Crippen molar-refractivity contribution in [2.45, 2.75) is 33.4 Å². The SMILES string of the molecule is CCOc1ccc(-c2noc(CNC(=S)Nc3cccc(OC(C)C)c3)n2)cc1. The summed E-state index contributed by atoms with van der Waals surface area (Å²) in [6.45, 7) is 6.86. The Balaban J connectivity index is 1.53. The standard InChI is InChI=1S/C21H24N4O3S/c1-4-26-17-10-8-15(9-11-17)20-24-19(28-25-20)13-22-21(29)23-16-6-5-7-18(12-16)27-14(2)3/h5-12,14H,4,13H2,1-3H3,(H2,22,23,29). The summed E-state index contributed by atoms with van der Waals surface area (Å²) in [4.78, 5) is 4.39. The third-order valence-corrected chi connectivity index (χ3v) is 4.00. The van der Waals surface area contributed by atoms with Crippen LogP contribution in [0.3, 0.4) is 0 Å². The number of nitrogens with zero attached hydrogens (tertiary/aromatic N) is 2. The zero-order valence-corrected chi connectivity index (χ0v) is 17.5. The Morgan fingerprint density at radius 1 is 1.14 bits per heavy atom. The Labute approximate surface area is 175 Å². The van der Waals surface area contributed by atoms with Gasteiger partial charge in [0.25, 0.3) is 0 Å². The summed E-state index contributed by atoms with van der Waals surface area (Å²) in [7, 11) is 0. The molecule has 0 aliphatic heterocycles. The van der Waals surface area contributed by atoms with Gasteiger partial charge < -0.3 is 24.6 Å². The van der Waals surface area contributed by atoms with Crippen LogP contribution in [0.15, 0.2) is 53.1 Å². The van der Waals surface area contributed by atoms with Gasteiger partial charge in [-0.15, -0.1) is 0 Å². The van der Waals surface area contributed by atoms with Gasteiger partial charge >= 0.3 is 0 Å². The minimum atomic E-state index is 0.109. The lowest BCUT2D eigenvalue weighted by molar-refractivity contribution is 0.242. The molecule has 0 spiro atoms. The van der Waals surface area contributed by atoms with E-state index in [1.165, 1.54) is 0 Å². The van der Waals surface area contributed by atoms with E-state index in [2.05, 4.69) is 20.8 Å². The van der Waals surface area contributed by atoms with Crippen LogP contribution < -0.4 is 20.1 Å². The highest BCUT2D eigenvalue weighted by atomic mass is 32.1. The summed E-state index contributed by atoms with van der Waals surface area (Å²) in [5.41, 5.74) is 1.69. The number of aromatic nitrogens is 2. The molecule has 3 aromatic rings. The molecular weight excluding hydrogens is 388 g/mol. The molecule has 0 unspecified atom stereocenters. The average Bonchev–Trinajstić information content (AvgIpc) is 3.16. The number of ether oxygens (including phenoxy) is 2. The van der Waals surface area contributed by atoms with Gasteiger partial charge in [-0.05, 0) is 69.4 Å². The molecule has 152 valence electrons. The van der Waals surface area contributed by atoms with Crippen LogP contribution >= 0.6 is 12.2 Å². The quantitative estimate of drug-likeness (QED) is 0.527. The Hall–Kier alpha value is -3.13. The maximum absolute atomic E-state index is 5.69. The Morgan fingerprint density at radius 3 is 2.66 bits per heavy atom. The molecular formula is C21H24N4O3S. The van der Waals surface area contributed by atoms with E-state index in [0.29, 0.717) is 30.0 Å². The van der Waals surface area contributed by atoms with Gasteiger partial charge in [-0.25, -0.2) is 0 Å². The molecule has 1 aromatic heterocycles. The maximum atomic E-state index is 5.69. The zero-order chi connectivity index (χ0) is 20.6. The molecule has 0 atom stereocenters. The monoisotopic (exact) mass is 412 g/mol. The summed E-state index contributed by atoms with van der Waals surface area (Å²) in [6, 6.07) is 15.2. The van der Waals surface area contributed by atoms with Crippen LogP contribution in [0.5, 0.6) is 11.5 Å². The fourth-order valence-electron chi connectivity index (χ4n) is 2.56. The number of rotatable bonds is 8. The first-order chi connectivity index (χ1) is 14.0. The highest BCUT2D eigenvalue weighted by Gasteiger charge is 2.09. The molecule has 8 heteroatoms. The molecule has 1 heterocycles. The van der Waals surface area contributed by atoms with Crippen LogP contribution in [0.4, 0.5) is 5.69 Å². The van der Waals surface area contributed by atoms with Crippen molar-refractivity contribution in [3.05, 3.63) is 54.4 Å². The fraction of sp³-hybridized carbons (Fsp3) is 0.286. The van der Waals surface area contributed by atoms with Crippen LogP contribution in [-0.4, -0.2) is 28.0 Å². The molecule has 0 aliphatic carbocycles. The number of benzene rings is 2. The normalized spacial score (nSPS) is 10.6. The fourth-order valence-corrected chi connectivity index (χ4v) is 2.75. The van der Waals surface area contributed by atoms with Crippen molar-refractivity contribution < 1.29 is 14.0 Å². The van der Waals surface area contributed by atoms with E-state index >= 15 is 0 Å². The van der Waals surface area contributed by atoms with Gasteiger partial charge in [-0.2, -0.15) is 4.98 Å². The predicted molar refractivity (Wildman–Crippen MR) is 116 cm³/mol. The lowest BCUT2D eigenvalue weighted by Gasteiger charge is -2.12. The van der Waals surface area contributed by atoms with Crippen LogP contribution in [0.25, 0.3) is 11.4 Å². The first-order valence-corrected chi connectivity index (χ1v) is 9.81. The van der Waals surface area contributed by atoms with Crippen molar-refractivity contribution in [3.8, 4) is 22.9 Å². The summed E-state index contributed by atoms with van der Waals surface area (Å²) in [5.74, 6) is 2.54. The van der Waals surface area contributed by atoms with Crippen LogP contribution in [-0.2, 0) is 6.54 Å². The van der Waals surface area contributed by atoms with Gasteiger partial charge in [0, 0.05) is 17.3 Å². The Morgan fingerprint density at radius 2 is 1.93 bits per heavy atom. The van der Waals surface area contributed by atoms with Crippen molar-refractivity contribution in [1.29, 1.82) is 0 Å². The van der Waals surface area contributed by atoms with E-state index in [1.54, 1.807) is 0 Å². The Kier molecular flexibility index (Phi) is 7.02. The highest BCUT2D eigenvalue weighted by molar-refractivity contribution is 7.80. The first-order valence-electron chi connectivity index (χ1n) is 9.41. The highest BCUT2D eigenvalue weighted by Crippen LogP contribution is 2.20. The third-order valence-electron chi connectivity index (χ3n) is 3.76. The molecule has 0 bridgehead atoms. The minimum absolute atomic E-state index is 0.109. The molecule has 0 amide bonds. The first kappa shape index (κ1) is 20.6. The van der Waals surface area contributed by atoms with E-state index in [9.17, 15) is 0 Å². The van der Waals surface area contributed by atoms with Crippen molar-refractivity contribution in [2.24, 2.45) is 0 Å².